The van der Waals surface area contributed by atoms with Gasteiger partial charge in [-0.25, -0.2) is 0 Å². The van der Waals surface area contributed by atoms with Crippen molar-refractivity contribution in [3.05, 3.63) is 39.9 Å². The molecule has 98 valence electrons. The van der Waals surface area contributed by atoms with E-state index in [1.165, 1.54) is 12.1 Å². The van der Waals surface area contributed by atoms with E-state index in [2.05, 4.69) is 0 Å². The topological polar surface area (TPSA) is 61.6 Å². The maximum Gasteiger partial charge on any atom is 0.269 e. The highest BCUT2D eigenvalue weighted by Gasteiger charge is 2.47. The molecule has 18 heavy (non-hydrogen) atoms. The lowest BCUT2D eigenvalue weighted by Gasteiger charge is -2.24. The molecule has 0 radical (unpaired) electrons. The Morgan fingerprint density at radius 3 is 2.11 bits per heavy atom. The minimum absolute atomic E-state index is 0.0785. The number of hydrogen-bond donors (Lipinski definition) is 0. The Kier molecular flexibility index (Phi) is 2.91. The number of nitro groups is 1. The van der Waals surface area contributed by atoms with Crippen molar-refractivity contribution in [2.24, 2.45) is 0 Å². The molecule has 1 fully saturated rings. The van der Waals surface area contributed by atoms with E-state index in [4.69, 9.17) is 9.47 Å². The molecule has 1 saturated heterocycles. The van der Waals surface area contributed by atoms with Crippen molar-refractivity contribution in [3.63, 3.8) is 0 Å². The number of ether oxygens (including phenoxy) is 2. The van der Waals surface area contributed by atoms with Crippen LogP contribution < -0.4 is 0 Å². The van der Waals surface area contributed by atoms with E-state index >= 15 is 0 Å². The van der Waals surface area contributed by atoms with E-state index in [-0.39, 0.29) is 11.8 Å². The van der Waals surface area contributed by atoms with Crippen LogP contribution in [0.4, 0.5) is 5.69 Å². The van der Waals surface area contributed by atoms with Gasteiger partial charge in [0.2, 0.25) is 0 Å². The zero-order chi connectivity index (χ0) is 13.6. The summed E-state index contributed by atoms with van der Waals surface area (Å²) in [7, 11) is 0. The number of nitrogens with zero attached hydrogens (tertiary/aromatic N) is 1. The highest BCUT2D eigenvalue weighted by atomic mass is 16.8. The molecule has 5 heteroatoms. The summed E-state index contributed by atoms with van der Waals surface area (Å²) in [5.74, 6) is -0.643. The quantitative estimate of drug-likeness (QED) is 0.598. The predicted molar refractivity (Wildman–Crippen MR) is 66.2 cm³/mol. The SMILES string of the molecule is CC1(C)O[C@@H](c2ccc([N+](=O)[O-])cc2)C(C)(C)O1. The van der Waals surface area contributed by atoms with Crippen LogP contribution in [-0.2, 0) is 9.47 Å². The third kappa shape index (κ3) is 2.37. The van der Waals surface area contributed by atoms with E-state index in [0.717, 1.165) is 5.56 Å². The minimum atomic E-state index is -0.643. The molecular formula is C13H17NO4. The van der Waals surface area contributed by atoms with Crippen LogP contribution in [-0.4, -0.2) is 16.3 Å². The average Bonchev–Trinajstić information content (AvgIpc) is 2.47. The lowest BCUT2D eigenvalue weighted by Crippen LogP contribution is -2.28. The number of benzene rings is 1. The first-order chi connectivity index (χ1) is 8.21. The third-order valence-corrected chi connectivity index (χ3v) is 2.95. The smallest absolute Gasteiger partial charge is 0.269 e. The fourth-order valence-corrected chi connectivity index (χ4v) is 2.38. The maximum atomic E-state index is 10.6. The number of nitro benzene ring substituents is 1. The normalized spacial score (nSPS) is 25.0. The van der Waals surface area contributed by atoms with Crippen molar-refractivity contribution < 1.29 is 14.4 Å². The Balaban J connectivity index is 2.29. The van der Waals surface area contributed by atoms with Gasteiger partial charge in [-0.2, -0.15) is 0 Å². The van der Waals surface area contributed by atoms with Gasteiger partial charge in [0.05, 0.1) is 10.5 Å². The van der Waals surface area contributed by atoms with Gasteiger partial charge in [-0.15, -0.1) is 0 Å². The van der Waals surface area contributed by atoms with Crippen molar-refractivity contribution >= 4 is 5.69 Å². The van der Waals surface area contributed by atoms with Crippen molar-refractivity contribution in [3.8, 4) is 0 Å². The zero-order valence-corrected chi connectivity index (χ0v) is 11.0. The highest BCUT2D eigenvalue weighted by molar-refractivity contribution is 5.34. The molecule has 0 bridgehead atoms. The molecular weight excluding hydrogens is 234 g/mol. The molecule has 1 aromatic carbocycles. The van der Waals surface area contributed by atoms with Crippen LogP contribution in [0.2, 0.25) is 0 Å². The Morgan fingerprint density at radius 2 is 1.72 bits per heavy atom. The fourth-order valence-electron chi connectivity index (χ4n) is 2.38. The van der Waals surface area contributed by atoms with Crippen LogP contribution in [0.25, 0.3) is 0 Å². The van der Waals surface area contributed by atoms with E-state index in [0.29, 0.717) is 0 Å². The van der Waals surface area contributed by atoms with Gasteiger partial charge in [0.25, 0.3) is 5.69 Å². The molecule has 0 saturated carbocycles. The number of non-ortho nitro benzene ring substituents is 1. The summed E-state index contributed by atoms with van der Waals surface area (Å²) in [5, 5.41) is 10.6. The summed E-state index contributed by atoms with van der Waals surface area (Å²) in [5.41, 5.74) is 0.505. The predicted octanol–water partition coefficient (Wildman–Crippen LogP) is 3.20. The Bertz CT molecular complexity index is 464. The molecule has 0 aliphatic carbocycles. The molecule has 0 spiro atoms. The average molecular weight is 251 g/mol. The molecule has 1 heterocycles. The third-order valence-electron chi connectivity index (χ3n) is 2.95. The zero-order valence-electron chi connectivity index (χ0n) is 11.0. The van der Waals surface area contributed by atoms with Crippen LogP contribution in [0.5, 0.6) is 0 Å². The summed E-state index contributed by atoms with van der Waals surface area (Å²) in [6.45, 7) is 7.63. The highest BCUT2D eigenvalue weighted by Crippen LogP contribution is 2.45. The van der Waals surface area contributed by atoms with E-state index < -0.39 is 16.3 Å². The second-order valence-corrected chi connectivity index (χ2v) is 5.45. The summed E-state index contributed by atoms with van der Waals surface area (Å²) >= 11 is 0. The van der Waals surface area contributed by atoms with Crippen LogP contribution in [0.3, 0.4) is 0 Å². The largest absolute Gasteiger partial charge is 0.342 e. The molecule has 2 rings (SSSR count). The van der Waals surface area contributed by atoms with Crippen molar-refractivity contribution in [1.29, 1.82) is 0 Å². The first-order valence-electron chi connectivity index (χ1n) is 5.84. The maximum absolute atomic E-state index is 10.6. The van der Waals surface area contributed by atoms with Crippen molar-refractivity contribution in [2.45, 2.75) is 45.2 Å². The number of rotatable bonds is 2. The first-order valence-corrected chi connectivity index (χ1v) is 5.84. The van der Waals surface area contributed by atoms with Gasteiger partial charge < -0.3 is 9.47 Å². The van der Waals surface area contributed by atoms with Crippen LogP contribution in [0.1, 0.15) is 39.4 Å². The second-order valence-electron chi connectivity index (χ2n) is 5.45. The summed E-state index contributed by atoms with van der Waals surface area (Å²) in [4.78, 5) is 10.2. The van der Waals surface area contributed by atoms with E-state index in [9.17, 15) is 10.1 Å². The summed E-state index contributed by atoms with van der Waals surface area (Å²) in [6.07, 6.45) is -0.228. The molecule has 5 nitrogen and oxygen atoms in total. The van der Waals surface area contributed by atoms with Crippen LogP contribution in [0.15, 0.2) is 24.3 Å². The molecule has 0 unspecified atom stereocenters. The van der Waals surface area contributed by atoms with Crippen LogP contribution >= 0.6 is 0 Å². The van der Waals surface area contributed by atoms with Gasteiger partial charge in [0, 0.05) is 12.1 Å². The standard InChI is InChI=1S/C13H17NO4/c1-12(2)11(17-13(3,4)18-12)9-5-7-10(8-6-9)14(15)16/h5-8,11H,1-4H3/t11-/m0/s1. The monoisotopic (exact) mass is 251 g/mol. The van der Waals surface area contributed by atoms with Crippen molar-refractivity contribution in [1.82, 2.24) is 0 Å². The van der Waals surface area contributed by atoms with Crippen LogP contribution in [0, 0.1) is 10.1 Å². The molecule has 1 atom stereocenters. The molecule has 1 aromatic rings. The van der Waals surface area contributed by atoms with E-state index in [1.807, 2.05) is 27.7 Å². The molecule has 1 aliphatic rings. The molecule has 1 aliphatic heterocycles. The summed E-state index contributed by atoms with van der Waals surface area (Å²) < 4.78 is 11.7. The fraction of sp³-hybridized carbons (Fsp3) is 0.538. The Labute approximate surface area is 106 Å². The minimum Gasteiger partial charge on any atom is -0.342 e. The van der Waals surface area contributed by atoms with Gasteiger partial charge in [-0.05, 0) is 45.4 Å². The lowest BCUT2D eigenvalue weighted by molar-refractivity contribution is -0.384. The lowest BCUT2D eigenvalue weighted by atomic mass is 9.95. The van der Waals surface area contributed by atoms with E-state index in [1.54, 1.807) is 12.1 Å². The van der Waals surface area contributed by atoms with Crippen molar-refractivity contribution in [2.75, 3.05) is 0 Å². The van der Waals surface area contributed by atoms with Gasteiger partial charge in [-0.3, -0.25) is 10.1 Å². The first kappa shape index (κ1) is 13.0. The van der Waals surface area contributed by atoms with Gasteiger partial charge >= 0.3 is 0 Å². The van der Waals surface area contributed by atoms with Gasteiger partial charge in [0.15, 0.2) is 5.79 Å². The molecule has 0 N–H and O–H groups in total. The number of hydrogen-bond acceptors (Lipinski definition) is 4. The second kappa shape index (κ2) is 4.03. The molecule has 0 aromatic heterocycles. The summed E-state index contributed by atoms with van der Waals surface area (Å²) in [6, 6.07) is 6.41. The van der Waals surface area contributed by atoms with Gasteiger partial charge in [0.1, 0.15) is 6.10 Å². The van der Waals surface area contributed by atoms with Gasteiger partial charge in [-0.1, -0.05) is 0 Å². The Hall–Kier alpha value is -1.46. The Morgan fingerprint density at radius 1 is 1.17 bits per heavy atom. The molecule has 0 amide bonds.